The molecule has 4 nitrogen and oxygen atoms in total. The molecule has 9 heavy (non-hydrogen) atoms. The van der Waals surface area contributed by atoms with Crippen molar-refractivity contribution in [2.45, 2.75) is 0 Å². The summed E-state index contributed by atoms with van der Waals surface area (Å²) in [5, 5.41) is 2.25. The summed E-state index contributed by atoms with van der Waals surface area (Å²) in [6, 6.07) is 0. The number of nitrogens with one attached hydrogen (secondary N) is 1. The van der Waals surface area contributed by atoms with Gasteiger partial charge in [0.05, 0.1) is 0 Å². The summed E-state index contributed by atoms with van der Waals surface area (Å²) >= 11 is 5.18. The molecule has 0 saturated carbocycles. The maximum absolute atomic E-state index is 10.6. The van der Waals surface area contributed by atoms with Crippen LogP contribution in [-0.4, -0.2) is 11.9 Å². The summed E-state index contributed by atoms with van der Waals surface area (Å²) in [5.74, 6) is -0.269. The predicted octanol–water partition coefficient (Wildman–Crippen LogP) is -0.489. The Morgan fingerprint density at radius 3 is 2.67 bits per heavy atom. The van der Waals surface area contributed by atoms with Crippen LogP contribution in [0, 0.1) is 0 Å². The Labute approximate surface area is 56.4 Å². The van der Waals surface area contributed by atoms with E-state index in [1.807, 2.05) is 0 Å². The van der Waals surface area contributed by atoms with Gasteiger partial charge in [-0.05, 0) is 0 Å². The monoisotopic (exact) mass is 145 g/mol. The molecule has 5 heteroatoms. The molecule has 1 heterocycles. The predicted molar refractivity (Wildman–Crippen MR) is 33.7 cm³/mol. The number of aliphatic imine (C=N–C) groups is 1. The first-order valence-corrected chi connectivity index (χ1v) is 2.63. The largest absolute Gasteiger partial charge is 0.369 e. The number of halogens is 1. The first kappa shape index (κ1) is 6.10. The van der Waals surface area contributed by atoms with Crippen molar-refractivity contribution in [3.63, 3.8) is 0 Å². The third kappa shape index (κ3) is 1.02. The first-order chi connectivity index (χ1) is 4.24. The Morgan fingerprint density at radius 2 is 2.44 bits per heavy atom. The van der Waals surface area contributed by atoms with Crippen molar-refractivity contribution in [3.05, 3.63) is 11.2 Å². The van der Waals surface area contributed by atoms with Crippen LogP contribution in [0.5, 0.6) is 0 Å². The fourth-order valence-electron chi connectivity index (χ4n) is 0.463. The highest BCUT2D eigenvalue weighted by molar-refractivity contribution is 6.28. The third-order valence-electron chi connectivity index (χ3n) is 0.818. The van der Waals surface area contributed by atoms with Crippen molar-refractivity contribution in [2.24, 2.45) is 10.7 Å². The smallest absolute Gasteiger partial charge is 0.277 e. The molecule has 1 aliphatic rings. The zero-order valence-electron chi connectivity index (χ0n) is 4.39. The quantitative estimate of drug-likeness (QED) is 0.452. The van der Waals surface area contributed by atoms with Gasteiger partial charge in [0.1, 0.15) is 5.70 Å². The molecule has 1 amide bonds. The van der Waals surface area contributed by atoms with Crippen molar-refractivity contribution in [1.29, 1.82) is 0 Å². The molecule has 0 aromatic heterocycles. The van der Waals surface area contributed by atoms with E-state index in [-0.39, 0.29) is 17.6 Å². The minimum absolute atomic E-state index is 0.0897. The average Bonchev–Trinajstić information content (AvgIpc) is 2.10. The normalized spacial score (nSPS) is 22.1. The van der Waals surface area contributed by atoms with E-state index in [0.717, 1.165) is 5.54 Å². The number of nitrogens with zero attached hydrogens (tertiary/aromatic N) is 1. The van der Waals surface area contributed by atoms with Crippen LogP contribution in [-0.2, 0) is 4.79 Å². The number of nitrogens with two attached hydrogens (primary N) is 1. The molecule has 0 aromatic carbocycles. The lowest BCUT2D eigenvalue weighted by Gasteiger charge is -1.85. The van der Waals surface area contributed by atoms with Crippen molar-refractivity contribution < 1.29 is 4.79 Å². The third-order valence-corrected chi connectivity index (χ3v) is 1.03. The SMILES string of the molecule is NC1=NC(=CCl)C(=O)N1. The first-order valence-electron chi connectivity index (χ1n) is 2.20. The topological polar surface area (TPSA) is 67.5 Å². The van der Waals surface area contributed by atoms with Gasteiger partial charge < -0.3 is 5.73 Å². The molecule has 0 bridgehead atoms. The van der Waals surface area contributed by atoms with Crippen LogP contribution in [0.2, 0.25) is 0 Å². The molecule has 0 saturated heterocycles. The highest BCUT2D eigenvalue weighted by atomic mass is 35.5. The van der Waals surface area contributed by atoms with Crippen LogP contribution < -0.4 is 11.1 Å². The minimum atomic E-state index is -0.359. The molecule has 48 valence electrons. The van der Waals surface area contributed by atoms with Gasteiger partial charge in [0.2, 0.25) is 5.96 Å². The molecule has 1 aliphatic heterocycles. The second-order valence-corrected chi connectivity index (χ2v) is 1.66. The maximum Gasteiger partial charge on any atom is 0.277 e. The van der Waals surface area contributed by atoms with Crippen LogP contribution in [0.4, 0.5) is 0 Å². The van der Waals surface area contributed by atoms with E-state index in [1.54, 1.807) is 0 Å². The lowest BCUT2D eigenvalue weighted by atomic mass is 10.5. The van der Waals surface area contributed by atoms with Crippen molar-refractivity contribution >= 4 is 23.5 Å². The molecule has 0 unspecified atom stereocenters. The number of carbonyl (C=O) groups is 1. The summed E-state index contributed by atoms with van der Waals surface area (Å²) in [4.78, 5) is 14.1. The highest BCUT2D eigenvalue weighted by Gasteiger charge is 2.16. The molecular formula is C4H4ClN3O. The zero-order chi connectivity index (χ0) is 6.85. The molecule has 3 N–H and O–H groups in total. The molecule has 0 atom stereocenters. The summed E-state index contributed by atoms with van der Waals surface area (Å²) in [6.07, 6.45) is 0. The van der Waals surface area contributed by atoms with Gasteiger partial charge in [-0.3, -0.25) is 10.1 Å². The van der Waals surface area contributed by atoms with E-state index in [2.05, 4.69) is 10.3 Å². The van der Waals surface area contributed by atoms with E-state index in [0.29, 0.717) is 0 Å². The van der Waals surface area contributed by atoms with Gasteiger partial charge >= 0.3 is 0 Å². The highest BCUT2D eigenvalue weighted by Crippen LogP contribution is 2.03. The van der Waals surface area contributed by atoms with Crippen LogP contribution in [0.15, 0.2) is 16.2 Å². The summed E-state index contributed by atoms with van der Waals surface area (Å²) in [7, 11) is 0. The summed E-state index contributed by atoms with van der Waals surface area (Å²) in [5.41, 5.74) is 6.34. The fourth-order valence-corrected chi connectivity index (χ4v) is 0.611. The Balaban J connectivity index is 2.89. The molecular weight excluding hydrogens is 142 g/mol. The zero-order valence-corrected chi connectivity index (χ0v) is 5.14. The molecule has 0 aromatic rings. The number of hydrogen-bond acceptors (Lipinski definition) is 3. The van der Waals surface area contributed by atoms with Crippen LogP contribution in [0.3, 0.4) is 0 Å². The summed E-state index contributed by atoms with van der Waals surface area (Å²) in [6.45, 7) is 0. The van der Waals surface area contributed by atoms with Gasteiger partial charge in [0, 0.05) is 5.54 Å². The second-order valence-electron chi connectivity index (χ2n) is 1.45. The Hall–Kier alpha value is -1.03. The number of amides is 1. The molecule has 1 rings (SSSR count). The number of hydrogen-bond donors (Lipinski definition) is 2. The standard InChI is InChI=1S/C4H4ClN3O/c5-1-2-3(9)8-4(6)7-2/h1H,(H3,6,7,8,9). The Bertz CT molecular complexity index is 208. The fraction of sp³-hybridized carbons (Fsp3) is 0. The Kier molecular flexibility index (Phi) is 1.40. The van der Waals surface area contributed by atoms with E-state index < -0.39 is 0 Å². The van der Waals surface area contributed by atoms with Crippen LogP contribution in [0.1, 0.15) is 0 Å². The van der Waals surface area contributed by atoms with Crippen LogP contribution in [0.25, 0.3) is 0 Å². The number of rotatable bonds is 0. The Morgan fingerprint density at radius 1 is 1.78 bits per heavy atom. The van der Waals surface area contributed by atoms with E-state index in [1.165, 1.54) is 0 Å². The lowest BCUT2D eigenvalue weighted by Crippen LogP contribution is -2.30. The average molecular weight is 146 g/mol. The van der Waals surface area contributed by atoms with Gasteiger partial charge in [0.25, 0.3) is 5.91 Å². The van der Waals surface area contributed by atoms with Crippen molar-refractivity contribution in [3.8, 4) is 0 Å². The van der Waals surface area contributed by atoms with E-state index in [9.17, 15) is 4.79 Å². The number of carbonyl (C=O) groups excluding carboxylic acids is 1. The maximum atomic E-state index is 10.6. The van der Waals surface area contributed by atoms with Gasteiger partial charge in [-0.15, -0.1) is 0 Å². The molecule has 0 aliphatic carbocycles. The van der Waals surface area contributed by atoms with E-state index >= 15 is 0 Å². The number of guanidine groups is 1. The van der Waals surface area contributed by atoms with Crippen LogP contribution >= 0.6 is 11.6 Å². The summed E-state index contributed by atoms with van der Waals surface area (Å²) < 4.78 is 0. The van der Waals surface area contributed by atoms with Gasteiger partial charge in [-0.1, -0.05) is 11.6 Å². The van der Waals surface area contributed by atoms with Gasteiger partial charge in [0.15, 0.2) is 0 Å². The minimum Gasteiger partial charge on any atom is -0.369 e. The molecule has 0 spiro atoms. The van der Waals surface area contributed by atoms with Crippen molar-refractivity contribution in [1.82, 2.24) is 5.32 Å². The second kappa shape index (κ2) is 2.06. The lowest BCUT2D eigenvalue weighted by molar-refractivity contribution is -0.115. The molecule has 0 radical (unpaired) electrons. The van der Waals surface area contributed by atoms with E-state index in [4.69, 9.17) is 17.3 Å². The van der Waals surface area contributed by atoms with Gasteiger partial charge in [-0.2, -0.15) is 0 Å². The van der Waals surface area contributed by atoms with Gasteiger partial charge in [-0.25, -0.2) is 4.99 Å². The van der Waals surface area contributed by atoms with Crippen molar-refractivity contribution in [2.75, 3.05) is 0 Å². The molecule has 0 fully saturated rings.